The number of rotatable bonds is 13. The predicted molar refractivity (Wildman–Crippen MR) is 154 cm³/mol. The van der Waals surface area contributed by atoms with E-state index in [0.717, 1.165) is 28.9 Å². The average molecular weight is 559 g/mol. The van der Waals surface area contributed by atoms with Crippen molar-refractivity contribution in [2.24, 2.45) is 10.2 Å². The number of carbonyl (C=O) groups excluding carboxylic acids is 1. The van der Waals surface area contributed by atoms with Gasteiger partial charge in [-0.15, -0.1) is 10.2 Å². The highest BCUT2D eigenvalue weighted by Crippen LogP contribution is 2.33. The van der Waals surface area contributed by atoms with Crippen molar-refractivity contribution in [3.63, 3.8) is 0 Å². The summed E-state index contributed by atoms with van der Waals surface area (Å²) in [5.41, 5.74) is 2.19. The highest BCUT2D eigenvalue weighted by atomic mass is 32.1. The second kappa shape index (κ2) is 12.8. The largest absolute Gasteiger partial charge is 0.416 e. The molecule has 0 N–H and O–H groups in total. The van der Waals surface area contributed by atoms with Crippen molar-refractivity contribution in [3.8, 4) is 11.3 Å². The molecule has 0 fully saturated rings. The van der Waals surface area contributed by atoms with E-state index in [1.54, 1.807) is 6.07 Å². The molecule has 2 aromatic carbocycles. The van der Waals surface area contributed by atoms with E-state index >= 15 is 4.39 Å². The summed E-state index contributed by atoms with van der Waals surface area (Å²) in [6, 6.07) is 14.3. The van der Waals surface area contributed by atoms with Gasteiger partial charge in [0.05, 0.1) is 23.8 Å². The number of hydrogen-bond acceptors (Lipinski definition) is 8. The topological polar surface area (TPSA) is 76.4 Å². The molecule has 3 rings (SSSR count). The Morgan fingerprint density at radius 2 is 1.57 bits per heavy atom. The minimum Gasteiger partial charge on any atom is -0.416 e. The first kappa shape index (κ1) is 29.0. The van der Waals surface area contributed by atoms with Crippen LogP contribution in [-0.4, -0.2) is 54.2 Å². The Balaban J connectivity index is 1.76. The third-order valence-corrected chi connectivity index (χ3v) is 8.13. The number of azo groups is 1. The molecule has 3 aromatic rings. The minimum atomic E-state index is -1.66. The summed E-state index contributed by atoms with van der Waals surface area (Å²) in [5.74, 6) is -0.487. The van der Waals surface area contributed by atoms with Gasteiger partial charge in [-0.1, -0.05) is 41.7 Å². The number of hydrogen-bond donors (Lipinski definition) is 0. The molecule has 0 saturated heterocycles. The van der Waals surface area contributed by atoms with Gasteiger partial charge in [0.1, 0.15) is 5.69 Å². The van der Waals surface area contributed by atoms with Crippen molar-refractivity contribution >= 4 is 50.8 Å². The number of nitrogens with zero attached hydrogens (tertiary/aromatic N) is 4. The van der Waals surface area contributed by atoms with Gasteiger partial charge in [-0.25, -0.2) is 9.37 Å². The van der Waals surface area contributed by atoms with E-state index in [1.807, 2.05) is 36.4 Å². The van der Waals surface area contributed by atoms with Crippen LogP contribution in [0.25, 0.3) is 11.3 Å². The van der Waals surface area contributed by atoms with Gasteiger partial charge >= 0.3 is 0 Å². The van der Waals surface area contributed by atoms with Gasteiger partial charge in [0.2, 0.25) is 5.13 Å². The molecule has 0 aliphatic carbocycles. The van der Waals surface area contributed by atoms with Crippen LogP contribution in [0.3, 0.4) is 0 Å². The second-order valence-electron chi connectivity index (χ2n) is 10.4. The third kappa shape index (κ3) is 9.35. The summed E-state index contributed by atoms with van der Waals surface area (Å²) in [6.07, 6.45) is 0.751. The monoisotopic (exact) mass is 558 g/mol. The Morgan fingerprint density at radius 3 is 2.11 bits per heavy atom. The lowest BCUT2D eigenvalue weighted by molar-refractivity contribution is 0.112. The molecule has 198 valence electrons. The maximum atomic E-state index is 15.0. The Hall–Kier alpha value is -2.58. The Morgan fingerprint density at radius 1 is 0.946 bits per heavy atom. The number of aldehydes is 1. The molecule has 11 heteroatoms. The number of benzene rings is 2. The molecule has 0 saturated carbocycles. The molecular formula is C26H35FN4O3SSi2. The van der Waals surface area contributed by atoms with Gasteiger partial charge in [-0.3, -0.25) is 4.79 Å². The van der Waals surface area contributed by atoms with Crippen LogP contribution in [0.2, 0.25) is 39.3 Å². The molecule has 37 heavy (non-hydrogen) atoms. The van der Waals surface area contributed by atoms with E-state index in [2.05, 4.69) is 59.4 Å². The van der Waals surface area contributed by atoms with Crippen molar-refractivity contribution in [3.05, 3.63) is 59.2 Å². The second-order valence-corrected chi connectivity index (χ2v) is 20.5. The molecule has 1 heterocycles. The fourth-order valence-corrected chi connectivity index (χ4v) is 5.54. The number of carbonyl (C=O) groups is 1. The molecule has 0 unspecified atom stereocenters. The minimum absolute atomic E-state index is 0.101. The maximum Gasteiger partial charge on any atom is 0.231 e. The van der Waals surface area contributed by atoms with Crippen LogP contribution >= 0.6 is 11.3 Å². The lowest BCUT2D eigenvalue weighted by atomic mass is 10.1. The van der Waals surface area contributed by atoms with E-state index in [0.29, 0.717) is 36.9 Å². The van der Waals surface area contributed by atoms with Crippen LogP contribution in [0, 0.1) is 5.82 Å². The van der Waals surface area contributed by atoms with Gasteiger partial charge in [0.15, 0.2) is 28.7 Å². The van der Waals surface area contributed by atoms with Crippen molar-refractivity contribution < 1.29 is 18.0 Å². The molecule has 0 bridgehead atoms. The van der Waals surface area contributed by atoms with Gasteiger partial charge in [-0.05, 0) is 57.5 Å². The fourth-order valence-electron chi connectivity index (χ4n) is 3.41. The number of thiazole rings is 1. The molecule has 0 spiro atoms. The van der Waals surface area contributed by atoms with Crippen LogP contribution in [0.5, 0.6) is 0 Å². The van der Waals surface area contributed by atoms with Crippen LogP contribution in [0.15, 0.2) is 58.8 Å². The number of halogens is 1. The summed E-state index contributed by atoms with van der Waals surface area (Å²) < 4.78 is 27.1. The molecule has 0 amide bonds. The summed E-state index contributed by atoms with van der Waals surface area (Å²) >= 11 is 1.12. The van der Waals surface area contributed by atoms with Crippen molar-refractivity contribution in [2.45, 2.75) is 39.3 Å². The highest BCUT2D eigenvalue weighted by Gasteiger charge is 2.18. The number of aromatic nitrogens is 1. The fraction of sp³-hybridized carbons (Fsp3) is 0.385. The van der Waals surface area contributed by atoms with E-state index in [1.165, 1.54) is 6.07 Å². The van der Waals surface area contributed by atoms with E-state index < -0.39 is 22.5 Å². The zero-order chi connectivity index (χ0) is 27.1. The van der Waals surface area contributed by atoms with Crippen molar-refractivity contribution in [1.82, 2.24) is 4.98 Å². The summed E-state index contributed by atoms with van der Waals surface area (Å²) in [4.78, 5) is 18.5. The van der Waals surface area contributed by atoms with Crippen molar-refractivity contribution in [1.29, 1.82) is 0 Å². The molecule has 0 atom stereocenters. The predicted octanol–water partition coefficient (Wildman–Crippen LogP) is 7.69. The zero-order valence-electron chi connectivity index (χ0n) is 22.3. The SMILES string of the molecule is C[Si](C)(C)OCCN(CCO[Si](C)(C)C)c1ccc(N=Nc2nc(-c3ccccc3)c(C=O)s2)c(F)c1. The Kier molecular flexibility index (Phi) is 10.0. The van der Waals surface area contributed by atoms with E-state index in [-0.39, 0.29) is 10.8 Å². The summed E-state index contributed by atoms with van der Waals surface area (Å²) in [6.45, 7) is 15.3. The van der Waals surface area contributed by atoms with Crippen molar-refractivity contribution in [2.75, 3.05) is 31.2 Å². The zero-order valence-corrected chi connectivity index (χ0v) is 25.1. The molecule has 0 radical (unpaired) electrons. The highest BCUT2D eigenvalue weighted by molar-refractivity contribution is 7.17. The smallest absolute Gasteiger partial charge is 0.231 e. The standard InChI is InChI=1S/C26H35FN4O3SSi2/c1-36(2,3)33-16-14-31(15-17-34-37(4,5)6)21-12-13-23(22(27)18-21)29-30-26-28-25(24(19-32)35-26)20-10-8-7-9-11-20/h7-13,18-19H,14-17H2,1-6H3. The molecule has 7 nitrogen and oxygen atoms in total. The van der Waals surface area contributed by atoms with E-state index in [4.69, 9.17) is 8.85 Å². The molecule has 0 aliphatic heterocycles. The van der Waals surface area contributed by atoms with Gasteiger partial charge in [0, 0.05) is 24.3 Å². The summed E-state index contributed by atoms with van der Waals surface area (Å²) in [7, 11) is -3.31. The first-order chi connectivity index (χ1) is 17.4. The number of anilines is 1. The molecular weight excluding hydrogens is 524 g/mol. The average Bonchev–Trinajstić information content (AvgIpc) is 3.25. The lowest BCUT2D eigenvalue weighted by Crippen LogP contribution is -2.37. The Bertz CT molecular complexity index is 1190. The van der Waals surface area contributed by atoms with Crippen LogP contribution in [0.1, 0.15) is 9.67 Å². The van der Waals surface area contributed by atoms with Crippen LogP contribution in [-0.2, 0) is 8.85 Å². The molecule has 0 aliphatic rings. The first-order valence-corrected chi connectivity index (χ1v) is 19.8. The Labute approximate surface area is 224 Å². The normalized spacial score (nSPS) is 12.3. The van der Waals surface area contributed by atoms with Gasteiger partial charge < -0.3 is 13.8 Å². The first-order valence-electron chi connectivity index (χ1n) is 12.2. The van der Waals surface area contributed by atoms with E-state index in [9.17, 15) is 4.79 Å². The van der Waals surface area contributed by atoms with Crippen LogP contribution < -0.4 is 4.90 Å². The maximum absolute atomic E-state index is 15.0. The van der Waals surface area contributed by atoms with Gasteiger partial charge in [0.25, 0.3) is 0 Å². The van der Waals surface area contributed by atoms with Gasteiger partial charge in [-0.2, -0.15) is 0 Å². The van der Waals surface area contributed by atoms with Crippen LogP contribution in [0.4, 0.5) is 20.9 Å². The third-order valence-electron chi connectivity index (χ3n) is 5.13. The quantitative estimate of drug-likeness (QED) is 0.122. The molecule has 1 aromatic heterocycles. The lowest BCUT2D eigenvalue weighted by Gasteiger charge is -2.28. The summed E-state index contributed by atoms with van der Waals surface area (Å²) in [5, 5.41) is 8.47.